The fourth-order valence-corrected chi connectivity index (χ4v) is 11.1. The fourth-order valence-electron chi connectivity index (χ4n) is 11.1. The van der Waals surface area contributed by atoms with Gasteiger partial charge in [-0.3, -0.25) is 0 Å². The van der Waals surface area contributed by atoms with Crippen LogP contribution in [0.25, 0.3) is 144 Å². The molecule has 342 valence electrons. The summed E-state index contributed by atoms with van der Waals surface area (Å²) in [5, 5.41) is 17.9. The first-order chi connectivity index (χ1) is 36.6. The van der Waals surface area contributed by atoms with Crippen LogP contribution in [0.3, 0.4) is 0 Å². The third-order valence-corrected chi connectivity index (χ3v) is 14.7. The van der Waals surface area contributed by atoms with Gasteiger partial charge in [0.2, 0.25) is 0 Å². The van der Waals surface area contributed by atoms with Gasteiger partial charge in [-0.25, -0.2) is 15.0 Å². The first-order valence-electron chi connectivity index (χ1n) is 25.0. The average Bonchev–Trinajstić information content (AvgIpc) is 3.81. The third-order valence-electron chi connectivity index (χ3n) is 14.7. The van der Waals surface area contributed by atoms with E-state index in [1.54, 1.807) is 0 Å². The summed E-state index contributed by atoms with van der Waals surface area (Å²) in [6.07, 6.45) is 0. The zero-order chi connectivity index (χ0) is 49.1. The molecule has 0 saturated heterocycles. The van der Waals surface area contributed by atoms with Crippen molar-refractivity contribution in [1.82, 2.24) is 15.0 Å². The molecule has 0 atom stereocenters. The highest BCUT2D eigenvalue weighted by Gasteiger charge is 2.22. The van der Waals surface area contributed by atoms with E-state index in [9.17, 15) is 5.26 Å². The van der Waals surface area contributed by atoms with Crippen molar-refractivity contribution in [2.24, 2.45) is 0 Å². The van der Waals surface area contributed by atoms with E-state index in [1.807, 2.05) is 36.4 Å². The van der Waals surface area contributed by atoms with Crippen molar-refractivity contribution in [3.05, 3.63) is 260 Å². The fraction of sp³-hybridized carbons (Fsp3) is 0. The Morgan fingerprint density at radius 2 is 0.676 bits per heavy atom. The second-order valence-corrected chi connectivity index (χ2v) is 19.0. The van der Waals surface area contributed by atoms with Gasteiger partial charge in [-0.2, -0.15) is 5.26 Å². The van der Waals surface area contributed by atoms with Crippen LogP contribution in [0, 0.1) is 11.3 Å². The molecule has 1 aliphatic carbocycles. The molecule has 0 N–H and O–H groups in total. The molecule has 0 amide bonds. The predicted octanol–water partition coefficient (Wildman–Crippen LogP) is 18.2. The molecule has 1 heterocycles. The molecule has 0 unspecified atom stereocenters. The van der Waals surface area contributed by atoms with Crippen molar-refractivity contribution < 1.29 is 0 Å². The Balaban J connectivity index is 0.805. The van der Waals surface area contributed by atoms with E-state index in [1.165, 1.54) is 54.6 Å². The lowest BCUT2D eigenvalue weighted by Gasteiger charge is -2.16. The van der Waals surface area contributed by atoms with Crippen LogP contribution in [0.5, 0.6) is 0 Å². The van der Waals surface area contributed by atoms with Crippen molar-refractivity contribution in [3.63, 3.8) is 0 Å². The minimum atomic E-state index is 0.595. The summed E-state index contributed by atoms with van der Waals surface area (Å²) < 4.78 is 0. The molecule has 74 heavy (non-hydrogen) atoms. The second kappa shape index (κ2) is 17.6. The molecule has 1 aromatic heterocycles. The van der Waals surface area contributed by atoms with Crippen LogP contribution in [0.4, 0.5) is 0 Å². The lowest BCUT2D eigenvalue weighted by Crippen LogP contribution is -2.00. The van der Waals surface area contributed by atoms with Crippen LogP contribution in [-0.4, -0.2) is 15.0 Å². The Morgan fingerprint density at radius 3 is 1.39 bits per heavy atom. The van der Waals surface area contributed by atoms with E-state index in [0.717, 1.165) is 72.3 Å². The van der Waals surface area contributed by atoms with Gasteiger partial charge in [-0.1, -0.05) is 218 Å². The molecular formula is C70H42N4. The molecular weight excluding hydrogens is 897 g/mol. The highest BCUT2D eigenvalue weighted by Crippen LogP contribution is 2.48. The molecule has 1 aliphatic rings. The smallest absolute Gasteiger partial charge is 0.164 e. The molecule has 0 fully saturated rings. The normalized spacial score (nSPS) is 11.5. The molecule has 12 aromatic carbocycles. The maximum absolute atomic E-state index is 10.6. The Kier molecular flexibility index (Phi) is 10.2. The molecule has 14 rings (SSSR count). The molecule has 4 nitrogen and oxygen atoms in total. The minimum absolute atomic E-state index is 0.595. The van der Waals surface area contributed by atoms with E-state index in [-0.39, 0.29) is 0 Å². The Morgan fingerprint density at radius 1 is 0.243 bits per heavy atom. The van der Waals surface area contributed by atoms with Gasteiger partial charge in [0, 0.05) is 22.3 Å². The molecule has 0 radical (unpaired) electrons. The van der Waals surface area contributed by atoms with Gasteiger partial charge in [0.1, 0.15) is 0 Å². The number of rotatable bonds is 8. The lowest BCUT2D eigenvalue weighted by atomic mass is 9.86. The number of hydrogen-bond acceptors (Lipinski definition) is 4. The van der Waals surface area contributed by atoms with Gasteiger partial charge in [0.05, 0.1) is 11.6 Å². The van der Waals surface area contributed by atoms with Crippen molar-refractivity contribution in [3.8, 4) is 118 Å². The maximum Gasteiger partial charge on any atom is 0.164 e. The average molecular weight is 939 g/mol. The van der Waals surface area contributed by atoms with Gasteiger partial charge in [-0.05, 0) is 141 Å². The van der Waals surface area contributed by atoms with E-state index in [4.69, 9.17) is 15.0 Å². The minimum Gasteiger partial charge on any atom is -0.208 e. The summed E-state index contributed by atoms with van der Waals surface area (Å²) in [6.45, 7) is 0. The van der Waals surface area contributed by atoms with Crippen LogP contribution in [0.2, 0.25) is 0 Å². The maximum atomic E-state index is 10.6. The van der Waals surface area contributed by atoms with Crippen molar-refractivity contribution >= 4 is 32.3 Å². The monoisotopic (exact) mass is 938 g/mol. The number of benzene rings is 12. The van der Waals surface area contributed by atoms with Crippen LogP contribution in [0.1, 0.15) is 5.56 Å². The standard InChI is InChI=1S/C70H42N4/c71-43-55-35-34-52(40-64(55)58-25-7-9-27-60(58)65-42-53-16-4-5-23-56(53)57-24-6-8-26-59(57)65)49-20-10-19-48(38-49)50-21-11-22-54(39-50)70-73-68(46-14-2-1-3-15-46)72-69(74-70)47-32-30-44(31-33-47)51-36-37-61-62-28-12-17-45-18-13-29-63(67(45)62)66(61)41-51/h1-42H. The quantitative estimate of drug-likeness (QED) is 0.142. The summed E-state index contributed by atoms with van der Waals surface area (Å²) in [5.74, 6) is 1.82. The topological polar surface area (TPSA) is 62.5 Å². The summed E-state index contributed by atoms with van der Waals surface area (Å²) in [6, 6.07) is 92.3. The molecule has 13 aromatic rings. The Labute approximate surface area is 428 Å². The van der Waals surface area contributed by atoms with E-state index in [0.29, 0.717) is 23.0 Å². The van der Waals surface area contributed by atoms with Crippen molar-refractivity contribution in [2.75, 3.05) is 0 Å². The Hall–Kier alpha value is -10.1. The zero-order valence-corrected chi connectivity index (χ0v) is 40.0. The summed E-state index contributed by atoms with van der Waals surface area (Å²) in [5.41, 5.74) is 19.1. The highest BCUT2D eigenvalue weighted by molar-refractivity contribution is 6.16. The van der Waals surface area contributed by atoms with Crippen LogP contribution in [0.15, 0.2) is 255 Å². The van der Waals surface area contributed by atoms with Crippen LogP contribution < -0.4 is 0 Å². The van der Waals surface area contributed by atoms with Gasteiger partial charge in [0.15, 0.2) is 17.5 Å². The first kappa shape index (κ1) is 42.8. The van der Waals surface area contributed by atoms with Crippen LogP contribution in [-0.2, 0) is 0 Å². The number of nitriles is 1. The lowest BCUT2D eigenvalue weighted by molar-refractivity contribution is 1.07. The molecule has 0 aliphatic heterocycles. The number of aromatic nitrogens is 3. The van der Waals surface area contributed by atoms with Gasteiger partial charge in [0.25, 0.3) is 0 Å². The molecule has 0 bridgehead atoms. The van der Waals surface area contributed by atoms with Crippen molar-refractivity contribution in [2.45, 2.75) is 0 Å². The highest BCUT2D eigenvalue weighted by atomic mass is 15.0. The SMILES string of the molecule is N#Cc1ccc(-c2cccc(-c3cccc(-c4nc(-c5ccccc5)nc(-c5ccc(-c6ccc7c(c6)-c6cccc8cccc-7c68)cc5)n4)c3)c2)cc1-c1ccccc1-c1cc2ccccc2c2ccccc12. The van der Waals surface area contributed by atoms with Gasteiger partial charge < -0.3 is 0 Å². The summed E-state index contributed by atoms with van der Waals surface area (Å²) in [4.78, 5) is 15.3. The third kappa shape index (κ3) is 7.34. The number of nitrogens with zero attached hydrogens (tertiary/aromatic N) is 4. The second-order valence-electron chi connectivity index (χ2n) is 19.0. The zero-order valence-electron chi connectivity index (χ0n) is 40.0. The first-order valence-corrected chi connectivity index (χ1v) is 25.0. The summed E-state index contributed by atoms with van der Waals surface area (Å²) in [7, 11) is 0. The van der Waals surface area contributed by atoms with Crippen molar-refractivity contribution in [1.29, 1.82) is 5.26 Å². The Bertz CT molecular complexity index is 4430. The number of fused-ring (bicyclic) bond motifs is 6. The largest absolute Gasteiger partial charge is 0.208 e. The molecule has 4 heteroatoms. The van der Waals surface area contributed by atoms with E-state index in [2.05, 4.69) is 224 Å². The molecule has 0 spiro atoms. The van der Waals surface area contributed by atoms with Gasteiger partial charge >= 0.3 is 0 Å². The number of hydrogen-bond donors (Lipinski definition) is 0. The van der Waals surface area contributed by atoms with E-state index < -0.39 is 0 Å². The van der Waals surface area contributed by atoms with Crippen LogP contribution >= 0.6 is 0 Å². The molecule has 0 saturated carbocycles. The van der Waals surface area contributed by atoms with Gasteiger partial charge in [-0.15, -0.1) is 0 Å². The van der Waals surface area contributed by atoms with E-state index >= 15 is 0 Å². The predicted molar refractivity (Wildman–Crippen MR) is 305 cm³/mol. The summed E-state index contributed by atoms with van der Waals surface area (Å²) >= 11 is 0.